The van der Waals surface area contributed by atoms with Gasteiger partial charge in [-0.05, 0) is 38.5 Å². The molecule has 0 fully saturated rings. The molecule has 0 heteroatoms. The van der Waals surface area contributed by atoms with E-state index in [1.165, 1.54) is 25.7 Å². The highest BCUT2D eigenvalue weighted by atomic mass is 13.9. The maximum Gasteiger partial charge on any atom is -0.0166 e. The van der Waals surface area contributed by atoms with Crippen LogP contribution in [0.4, 0.5) is 0 Å². The normalized spacial score (nSPS) is 24.0. The third-order valence-electron chi connectivity index (χ3n) is 2.25. The van der Waals surface area contributed by atoms with Gasteiger partial charge in [-0.1, -0.05) is 48.6 Å². The summed E-state index contributed by atoms with van der Waals surface area (Å²) in [6.45, 7) is 0. The van der Waals surface area contributed by atoms with Gasteiger partial charge in [0.05, 0.1) is 0 Å². The summed E-state index contributed by atoms with van der Waals surface area (Å²) in [7, 11) is 0. The molecule has 0 amide bonds. The number of rotatable bonds is 0. The third kappa shape index (κ3) is 6.47. The van der Waals surface area contributed by atoms with Crippen LogP contribution in [0.5, 0.6) is 0 Å². The van der Waals surface area contributed by atoms with Crippen molar-refractivity contribution in [2.24, 2.45) is 0 Å². The maximum atomic E-state index is 2.30. The summed E-state index contributed by atoms with van der Waals surface area (Å²) in [5.41, 5.74) is 0. The van der Waals surface area contributed by atoms with Crippen molar-refractivity contribution in [3.05, 3.63) is 48.6 Å². The Morgan fingerprint density at radius 3 is 1.50 bits per heavy atom. The van der Waals surface area contributed by atoms with Gasteiger partial charge >= 0.3 is 0 Å². The first kappa shape index (κ1) is 11.0. The fourth-order valence-corrected chi connectivity index (χ4v) is 1.42. The van der Waals surface area contributed by atoms with Gasteiger partial charge in [-0.2, -0.15) is 0 Å². The summed E-state index contributed by atoms with van der Waals surface area (Å²) >= 11 is 0. The summed E-state index contributed by atoms with van der Waals surface area (Å²) in [4.78, 5) is 0. The van der Waals surface area contributed by atoms with Crippen molar-refractivity contribution in [2.45, 2.75) is 38.5 Å². The van der Waals surface area contributed by atoms with Crippen LogP contribution < -0.4 is 0 Å². The minimum absolute atomic E-state index is 1.07. The lowest BCUT2D eigenvalue weighted by Crippen LogP contribution is -1.73. The highest BCUT2D eigenvalue weighted by molar-refractivity contribution is 5.06. The molecule has 0 bridgehead atoms. The van der Waals surface area contributed by atoms with E-state index in [2.05, 4.69) is 48.6 Å². The summed E-state index contributed by atoms with van der Waals surface area (Å²) in [6, 6.07) is 0. The van der Waals surface area contributed by atoms with E-state index in [4.69, 9.17) is 0 Å². The Morgan fingerprint density at radius 2 is 1.00 bits per heavy atom. The fraction of sp³-hybridized carbons (Fsp3) is 0.429. The summed E-state index contributed by atoms with van der Waals surface area (Å²) in [5, 5.41) is 0. The van der Waals surface area contributed by atoms with Crippen LogP contribution in [0.3, 0.4) is 0 Å². The molecule has 0 saturated carbocycles. The van der Waals surface area contributed by atoms with Gasteiger partial charge in [-0.15, -0.1) is 0 Å². The van der Waals surface area contributed by atoms with Gasteiger partial charge < -0.3 is 0 Å². The van der Waals surface area contributed by atoms with Crippen molar-refractivity contribution in [3.8, 4) is 0 Å². The van der Waals surface area contributed by atoms with Crippen molar-refractivity contribution in [2.75, 3.05) is 0 Å². The van der Waals surface area contributed by atoms with Crippen LogP contribution >= 0.6 is 0 Å². The van der Waals surface area contributed by atoms with Crippen molar-refractivity contribution in [1.29, 1.82) is 0 Å². The van der Waals surface area contributed by atoms with Crippen LogP contribution in [-0.2, 0) is 0 Å². The summed E-state index contributed by atoms with van der Waals surface area (Å²) in [6.07, 6.45) is 25.0. The predicted octanol–water partition coefficient (Wildman–Crippen LogP) is 4.57. The van der Waals surface area contributed by atoms with Crippen LogP contribution in [0, 0.1) is 0 Å². The van der Waals surface area contributed by atoms with Crippen LogP contribution in [0.15, 0.2) is 48.6 Å². The molecular weight excluding hydrogens is 168 g/mol. The molecular formula is C14H20. The standard InChI is InChI=1S/C14H20/c1-2-4-6-8-10-12-14-13-11-9-7-5-3-1/h1-4,7-10H,5-6,11-14H2/b3-1?,4-2?,9-7+,10-8+. The smallest absolute Gasteiger partial charge is 0.0166 e. The molecule has 0 aromatic carbocycles. The largest absolute Gasteiger partial charge is 0.0882 e. The van der Waals surface area contributed by atoms with E-state index in [-0.39, 0.29) is 0 Å². The van der Waals surface area contributed by atoms with Gasteiger partial charge in [0.2, 0.25) is 0 Å². The zero-order valence-corrected chi connectivity index (χ0v) is 8.86. The van der Waals surface area contributed by atoms with E-state index in [0.717, 1.165) is 12.8 Å². The van der Waals surface area contributed by atoms with E-state index in [1.807, 2.05) is 0 Å². The molecule has 0 atom stereocenters. The Labute approximate surface area is 87.7 Å². The summed E-state index contributed by atoms with van der Waals surface area (Å²) < 4.78 is 0. The van der Waals surface area contributed by atoms with Crippen LogP contribution in [0.2, 0.25) is 0 Å². The maximum absolute atomic E-state index is 2.30. The van der Waals surface area contributed by atoms with Gasteiger partial charge in [0.25, 0.3) is 0 Å². The number of hydrogen-bond donors (Lipinski definition) is 0. The molecule has 0 aliphatic heterocycles. The molecule has 0 nitrogen and oxygen atoms in total. The molecule has 0 spiro atoms. The van der Waals surface area contributed by atoms with Crippen molar-refractivity contribution >= 4 is 0 Å². The molecule has 1 rings (SSSR count). The second kappa shape index (κ2) is 8.55. The molecule has 0 saturated heterocycles. The molecule has 0 N–H and O–H groups in total. The van der Waals surface area contributed by atoms with Crippen LogP contribution in [-0.4, -0.2) is 0 Å². The van der Waals surface area contributed by atoms with Crippen molar-refractivity contribution in [1.82, 2.24) is 0 Å². The van der Waals surface area contributed by atoms with Gasteiger partial charge in [0.1, 0.15) is 0 Å². The predicted molar refractivity (Wildman–Crippen MR) is 64.3 cm³/mol. The minimum atomic E-state index is 1.07. The highest BCUT2D eigenvalue weighted by Gasteiger charge is 1.83. The Hall–Kier alpha value is -1.04. The van der Waals surface area contributed by atoms with E-state index in [0.29, 0.717) is 0 Å². The molecule has 1 aliphatic carbocycles. The Kier molecular flexibility index (Phi) is 6.74. The fourth-order valence-electron chi connectivity index (χ4n) is 1.42. The monoisotopic (exact) mass is 188 g/mol. The average molecular weight is 188 g/mol. The lowest BCUT2D eigenvalue weighted by atomic mass is 10.1. The Bertz CT molecular complexity index is 202. The molecule has 1 aliphatic rings. The first-order valence-electron chi connectivity index (χ1n) is 5.62. The lowest BCUT2D eigenvalue weighted by Gasteiger charge is -1.93. The lowest BCUT2D eigenvalue weighted by molar-refractivity contribution is 0.760. The van der Waals surface area contributed by atoms with Gasteiger partial charge in [0.15, 0.2) is 0 Å². The van der Waals surface area contributed by atoms with E-state index >= 15 is 0 Å². The second-order valence-corrected chi connectivity index (χ2v) is 3.55. The quantitative estimate of drug-likeness (QED) is 0.489. The number of allylic oxidation sites excluding steroid dienone is 8. The second-order valence-electron chi connectivity index (χ2n) is 3.55. The van der Waals surface area contributed by atoms with Gasteiger partial charge in [-0.3, -0.25) is 0 Å². The van der Waals surface area contributed by atoms with E-state index in [9.17, 15) is 0 Å². The zero-order chi connectivity index (χ0) is 9.90. The SMILES string of the molecule is C1=CC/C=C/CCCC/C=C/CC=C1. The Morgan fingerprint density at radius 1 is 0.500 bits per heavy atom. The zero-order valence-electron chi connectivity index (χ0n) is 8.86. The molecule has 0 unspecified atom stereocenters. The van der Waals surface area contributed by atoms with Crippen LogP contribution in [0.1, 0.15) is 38.5 Å². The molecule has 0 aromatic rings. The molecule has 0 aromatic heterocycles. The topological polar surface area (TPSA) is 0 Å². The van der Waals surface area contributed by atoms with Crippen molar-refractivity contribution < 1.29 is 0 Å². The minimum Gasteiger partial charge on any atom is -0.0882 e. The first-order valence-corrected chi connectivity index (χ1v) is 5.62. The molecule has 0 heterocycles. The van der Waals surface area contributed by atoms with Gasteiger partial charge in [-0.25, -0.2) is 0 Å². The molecule has 14 heavy (non-hydrogen) atoms. The third-order valence-corrected chi connectivity index (χ3v) is 2.25. The van der Waals surface area contributed by atoms with E-state index in [1.54, 1.807) is 0 Å². The highest BCUT2D eigenvalue weighted by Crippen LogP contribution is 2.03. The number of hydrogen-bond acceptors (Lipinski definition) is 0. The van der Waals surface area contributed by atoms with Gasteiger partial charge in [0, 0.05) is 0 Å². The molecule has 76 valence electrons. The van der Waals surface area contributed by atoms with E-state index < -0.39 is 0 Å². The Balaban J connectivity index is 2.35. The van der Waals surface area contributed by atoms with Crippen LogP contribution in [0.25, 0.3) is 0 Å². The summed E-state index contributed by atoms with van der Waals surface area (Å²) in [5.74, 6) is 0. The average Bonchev–Trinajstić information content (AvgIpc) is 2.22. The van der Waals surface area contributed by atoms with Crippen molar-refractivity contribution in [3.63, 3.8) is 0 Å². The first-order chi connectivity index (χ1) is 7.00. The molecule has 0 radical (unpaired) electrons.